The van der Waals surface area contributed by atoms with Crippen molar-refractivity contribution in [3.8, 4) is 22.6 Å². The van der Waals surface area contributed by atoms with E-state index in [-0.39, 0.29) is 127 Å². The number of hydrogen-bond donors (Lipinski definition) is 4. The fraction of sp³-hybridized carbons (Fsp3) is 0. The molecule has 0 aromatic heterocycles. The second-order valence-electron chi connectivity index (χ2n) is 11.1. The van der Waals surface area contributed by atoms with Gasteiger partial charge in [0.2, 0.25) is 0 Å². The summed E-state index contributed by atoms with van der Waals surface area (Å²) in [6, 6.07) is 20.2. The van der Waals surface area contributed by atoms with E-state index < -0.39 is 73.6 Å². The summed E-state index contributed by atoms with van der Waals surface area (Å²) in [4.78, 5) is -2.63. The molecule has 0 aliphatic heterocycles. The Morgan fingerprint density at radius 3 is 1.42 bits per heavy atom. The Morgan fingerprint density at radius 2 is 0.964 bits per heavy atom. The average molecular weight is 831 g/mol. The fourth-order valence-corrected chi connectivity index (χ4v) is 7.07. The number of aromatic hydroxyl groups is 2. The SMILES string of the molecule is Nc1ccc2c(O)c(N=Nc3ccc(-c4ccc(N=Nc5c(S(=O)(=O)[O-])cc6cc(S(=O)(=O)[O-])cc(N)c6c5O)cc4)cc3)c(S(=O)(=O)[O-])cc2c1.[Na+].[Na+].[Na+]. The van der Waals surface area contributed by atoms with Gasteiger partial charge >= 0.3 is 88.7 Å². The second kappa shape index (κ2) is 17.6. The molecular formula is C32H21N6Na3O11S3. The molecule has 0 aliphatic carbocycles. The normalized spacial score (nSPS) is 12.1. The third kappa shape index (κ3) is 10.1. The fourth-order valence-electron chi connectivity index (χ4n) is 5.24. The average Bonchev–Trinajstić information content (AvgIpc) is 3.06. The zero-order valence-electron chi connectivity index (χ0n) is 28.9. The number of phenols is 2. The van der Waals surface area contributed by atoms with E-state index in [4.69, 9.17) is 11.5 Å². The standard InChI is InChI=1S/C32H24N6O11S3.3Na/c33-20-5-10-24-18(11-20)13-26(51(44,45)46)29(31(24)39)37-35-21-6-1-16(2-7-21)17-3-8-22(9-4-17)36-38-30-27(52(47,48)49)14-19-12-23(50(41,42)43)15-25(34)28(19)32(30)40;;;/h1-15,39-40H,33-34H2,(H,41,42,43)(H,44,45,46)(H,47,48,49);;;/q;3*+1/p-3. The van der Waals surface area contributed by atoms with Crippen LogP contribution < -0.4 is 100 Å². The van der Waals surface area contributed by atoms with E-state index in [2.05, 4.69) is 20.5 Å². The molecule has 6 aromatic rings. The van der Waals surface area contributed by atoms with Crippen LogP contribution in [0.25, 0.3) is 32.7 Å². The summed E-state index contributed by atoms with van der Waals surface area (Å²) in [7, 11) is -15.4. The summed E-state index contributed by atoms with van der Waals surface area (Å²) in [5, 5.41) is 37.0. The first-order chi connectivity index (χ1) is 24.3. The van der Waals surface area contributed by atoms with Crippen molar-refractivity contribution in [1.82, 2.24) is 0 Å². The molecule has 17 nitrogen and oxygen atoms in total. The first kappa shape index (κ1) is 46.4. The number of nitrogen functional groups attached to an aromatic ring is 2. The molecule has 0 radical (unpaired) electrons. The van der Waals surface area contributed by atoms with Gasteiger partial charge in [-0.2, -0.15) is 10.2 Å². The minimum absolute atomic E-state index is 0. The van der Waals surface area contributed by atoms with Crippen molar-refractivity contribution < 1.29 is 138 Å². The molecule has 266 valence electrons. The molecule has 0 saturated carbocycles. The largest absolute Gasteiger partial charge is 1.00 e. The Morgan fingerprint density at radius 1 is 0.509 bits per heavy atom. The number of hydrogen-bond acceptors (Lipinski definition) is 17. The maximum atomic E-state index is 12.0. The van der Waals surface area contributed by atoms with Crippen molar-refractivity contribution in [1.29, 1.82) is 0 Å². The third-order valence-corrected chi connectivity index (χ3v) is 10.2. The minimum atomic E-state index is -5.30. The summed E-state index contributed by atoms with van der Waals surface area (Å²) in [5.41, 5.74) is 11.9. The molecular weight excluding hydrogens is 810 g/mol. The Hall–Kier alpha value is -3.03. The Kier molecular flexibility index (Phi) is 14.9. The van der Waals surface area contributed by atoms with E-state index in [0.717, 1.165) is 24.3 Å². The van der Waals surface area contributed by atoms with Crippen molar-refractivity contribution >= 4 is 86.0 Å². The Labute approximate surface area is 379 Å². The van der Waals surface area contributed by atoms with Crippen LogP contribution in [0.15, 0.2) is 126 Å². The van der Waals surface area contributed by atoms with E-state index in [1.165, 1.54) is 42.5 Å². The van der Waals surface area contributed by atoms with Crippen LogP contribution in [0.3, 0.4) is 0 Å². The van der Waals surface area contributed by atoms with Crippen molar-refractivity contribution in [2.75, 3.05) is 11.5 Å². The van der Waals surface area contributed by atoms with E-state index in [1.54, 1.807) is 24.3 Å². The number of fused-ring (bicyclic) bond motifs is 2. The topological polar surface area (TPSA) is 314 Å². The quantitative estimate of drug-likeness (QED) is 0.0509. The van der Waals surface area contributed by atoms with Crippen LogP contribution in [0.2, 0.25) is 0 Å². The van der Waals surface area contributed by atoms with Gasteiger partial charge in [0.15, 0.2) is 11.5 Å². The Bertz CT molecular complexity index is 2860. The number of anilines is 2. The first-order valence-electron chi connectivity index (χ1n) is 14.4. The molecule has 0 fully saturated rings. The van der Waals surface area contributed by atoms with Crippen molar-refractivity contribution in [2.45, 2.75) is 14.7 Å². The van der Waals surface area contributed by atoms with Gasteiger partial charge in [-0.3, -0.25) is 0 Å². The number of phenolic OH excluding ortho intramolecular Hbond substituents is 2. The maximum Gasteiger partial charge on any atom is 1.00 e. The molecule has 6 N–H and O–H groups in total. The van der Waals surface area contributed by atoms with Gasteiger partial charge in [-0.15, -0.1) is 10.2 Å². The van der Waals surface area contributed by atoms with Gasteiger partial charge in [0, 0.05) is 22.1 Å². The van der Waals surface area contributed by atoms with Crippen LogP contribution in [0.4, 0.5) is 34.1 Å². The molecule has 0 bridgehead atoms. The van der Waals surface area contributed by atoms with Crippen LogP contribution >= 0.6 is 0 Å². The Balaban J connectivity index is 0.00000271. The van der Waals surface area contributed by atoms with E-state index >= 15 is 0 Å². The molecule has 55 heavy (non-hydrogen) atoms. The van der Waals surface area contributed by atoms with E-state index in [9.17, 15) is 49.1 Å². The van der Waals surface area contributed by atoms with Crippen LogP contribution in [-0.2, 0) is 30.4 Å². The van der Waals surface area contributed by atoms with E-state index in [1.807, 2.05) is 0 Å². The van der Waals surface area contributed by atoms with Gasteiger partial charge < -0.3 is 35.3 Å². The van der Waals surface area contributed by atoms with Crippen molar-refractivity contribution in [2.24, 2.45) is 20.5 Å². The predicted octanol–water partition coefficient (Wildman–Crippen LogP) is -3.21. The van der Waals surface area contributed by atoms with Crippen molar-refractivity contribution in [3.63, 3.8) is 0 Å². The monoisotopic (exact) mass is 830 g/mol. The van der Waals surface area contributed by atoms with Crippen LogP contribution in [0.5, 0.6) is 11.5 Å². The first-order valence-corrected chi connectivity index (χ1v) is 18.6. The second-order valence-corrected chi connectivity index (χ2v) is 15.2. The molecule has 0 amide bonds. The van der Waals surface area contributed by atoms with Crippen molar-refractivity contribution in [3.05, 3.63) is 91.0 Å². The van der Waals surface area contributed by atoms with Crippen LogP contribution in [0.1, 0.15) is 0 Å². The van der Waals surface area contributed by atoms with Gasteiger partial charge in [0.25, 0.3) is 0 Å². The number of nitrogens with zero attached hydrogens (tertiary/aromatic N) is 4. The molecule has 6 rings (SSSR count). The molecule has 0 heterocycles. The number of rotatable bonds is 8. The summed E-state index contributed by atoms with van der Waals surface area (Å²) >= 11 is 0. The molecule has 0 atom stereocenters. The van der Waals surface area contributed by atoms with Crippen LogP contribution in [-0.4, -0.2) is 49.1 Å². The van der Waals surface area contributed by atoms with Gasteiger partial charge in [-0.05, 0) is 88.6 Å². The summed E-state index contributed by atoms with van der Waals surface area (Å²) < 4.78 is 106. The predicted molar refractivity (Wildman–Crippen MR) is 184 cm³/mol. The summed E-state index contributed by atoms with van der Waals surface area (Å²) in [5.74, 6) is -1.45. The van der Waals surface area contributed by atoms with Gasteiger partial charge in [-0.25, -0.2) is 25.3 Å². The maximum absolute atomic E-state index is 12.0. The third-order valence-electron chi connectivity index (χ3n) is 7.66. The molecule has 6 aromatic carbocycles. The number of benzene rings is 6. The molecule has 0 saturated heterocycles. The number of azo groups is 2. The smallest absolute Gasteiger partial charge is 0.744 e. The molecule has 23 heteroatoms. The molecule has 0 unspecified atom stereocenters. The summed E-state index contributed by atoms with van der Waals surface area (Å²) in [6.45, 7) is 0. The summed E-state index contributed by atoms with van der Waals surface area (Å²) in [6.07, 6.45) is 0. The zero-order chi connectivity index (χ0) is 37.7. The minimum Gasteiger partial charge on any atom is -0.744 e. The number of nitrogens with two attached hydrogens (primary N) is 2. The van der Waals surface area contributed by atoms with Gasteiger partial charge in [0.1, 0.15) is 41.7 Å². The van der Waals surface area contributed by atoms with Gasteiger partial charge in [-0.1, -0.05) is 24.3 Å². The van der Waals surface area contributed by atoms with Gasteiger partial charge in [0.05, 0.1) is 26.1 Å². The molecule has 0 spiro atoms. The zero-order valence-corrected chi connectivity index (χ0v) is 37.3. The van der Waals surface area contributed by atoms with E-state index in [0.29, 0.717) is 11.1 Å². The molecule has 0 aliphatic rings. The van der Waals surface area contributed by atoms with Crippen LogP contribution in [0, 0.1) is 0 Å².